The number of halogens is 2. The molecule has 0 saturated heterocycles. The Morgan fingerprint density at radius 2 is 1.41 bits per heavy atom. The number of H-pyrrole nitrogens is 1. The predicted molar refractivity (Wildman–Crippen MR) is 120 cm³/mol. The molecule has 4 nitrogen and oxygen atoms in total. The summed E-state index contributed by atoms with van der Waals surface area (Å²) in [6, 6.07) is 18.9. The molecule has 0 atom stereocenters. The molecule has 0 saturated carbocycles. The fourth-order valence-corrected chi connectivity index (χ4v) is 3.31. The van der Waals surface area contributed by atoms with E-state index >= 15 is 0 Å². The van der Waals surface area contributed by atoms with Crippen molar-refractivity contribution in [3.63, 3.8) is 0 Å². The summed E-state index contributed by atoms with van der Waals surface area (Å²) in [4.78, 5) is 32.5. The molecule has 0 aliphatic heterocycles. The monoisotopic (exact) mass is 603 g/mol. The number of nitrogens with one attached hydrogen (secondary N) is 1. The number of aromatic nitrogens is 1. The van der Waals surface area contributed by atoms with Crippen LogP contribution in [0, 0.1) is 0 Å². The van der Waals surface area contributed by atoms with Gasteiger partial charge in [-0.3, -0.25) is 14.6 Å². The third kappa shape index (κ3) is 7.10. The second kappa shape index (κ2) is 13.7. The zero-order valence-electron chi connectivity index (χ0n) is 18.4. The van der Waals surface area contributed by atoms with Crippen molar-refractivity contribution in [2.75, 3.05) is 0 Å². The number of ketones is 1. The number of nitrogens with zero attached hydrogens (tertiary/aromatic N) is 1. The van der Waals surface area contributed by atoms with E-state index in [9.17, 15) is 9.59 Å². The number of carbonyl (C=O) groups is 1. The maximum atomic E-state index is 12.7. The van der Waals surface area contributed by atoms with Crippen molar-refractivity contribution in [1.29, 1.82) is 0 Å². The van der Waals surface area contributed by atoms with Gasteiger partial charge in [0.15, 0.2) is 0 Å². The molecular formula is C25H26Br2CoN2O2. The number of Topliss-reactive ketones (excluding diaryl/α,β-unsaturated/α-hetero) is 1. The minimum Gasteiger partial charge on any atom is -1.00 e. The van der Waals surface area contributed by atoms with Crippen LogP contribution >= 0.6 is 0 Å². The summed E-state index contributed by atoms with van der Waals surface area (Å²) in [6.07, 6.45) is 1.26. The van der Waals surface area contributed by atoms with E-state index in [4.69, 9.17) is 0 Å². The van der Waals surface area contributed by atoms with E-state index in [1.165, 1.54) is 6.21 Å². The van der Waals surface area contributed by atoms with E-state index in [1.54, 1.807) is 12.1 Å². The quantitative estimate of drug-likeness (QED) is 0.315. The van der Waals surface area contributed by atoms with Gasteiger partial charge in [0.1, 0.15) is 0 Å². The van der Waals surface area contributed by atoms with E-state index < -0.39 is 11.3 Å². The van der Waals surface area contributed by atoms with Crippen molar-refractivity contribution in [3.8, 4) is 11.3 Å². The second-order valence-electron chi connectivity index (χ2n) is 7.70. The van der Waals surface area contributed by atoms with Gasteiger partial charge in [-0.15, -0.1) is 0 Å². The largest absolute Gasteiger partial charge is 2.00 e. The first-order valence-electron chi connectivity index (χ1n) is 9.88. The Bertz CT molecular complexity index is 1080. The number of hydrogen-bond donors (Lipinski definition) is 1. The van der Waals surface area contributed by atoms with Crippen LogP contribution in [0.25, 0.3) is 11.3 Å². The first-order chi connectivity index (χ1) is 13.9. The molecule has 0 unspecified atom stereocenters. The Kier molecular flexibility index (Phi) is 12.9. The number of aliphatic imine (C=N–C) groups is 1. The molecule has 2 aromatic carbocycles. The zero-order valence-corrected chi connectivity index (χ0v) is 22.6. The summed E-state index contributed by atoms with van der Waals surface area (Å²) in [7, 11) is 0. The molecule has 0 spiro atoms. The maximum Gasteiger partial charge on any atom is 2.00 e. The van der Waals surface area contributed by atoms with Gasteiger partial charge < -0.3 is 38.9 Å². The van der Waals surface area contributed by atoms with Gasteiger partial charge >= 0.3 is 16.8 Å². The SMILES string of the molecule is CC(C)c1cccc(C(C)C)c1N=CC(=O)c1ccc(-c2ccccc2)[nH]c1=O.[Br-].[Br-].[Co+2]. The van der Waals surface area contributed by atoms with E-state index in [1.807, 2.05) is 48.5 Å². The average Bonchev–Trinajstić information content (AvgIpc) is 2.72. The van der Waals surface area contributed by atoms with Crippen LogP contribution in [0.2, 0.25) is 0 Å². The number of carbonyl (C=O) groups excluding carboxylic acids is 1. The van der Waals surface area contributed by atoms with Crippen molar-refractivity contribution in [1.82, 2.24) is 4.98 Å². The molecule has 0 aliphatic carbocycles. The van der Waals surface area contributed by atoms with Crippen LogP contribution in [-0.4, -0.2) is 17.0 Å². The fourth-order valence-electron chi connectivity index (χ4n) is 3.31. The van der Waals surface area contributed by atoms with Crippen LogP contribution in [0.4, 0.5) is 5.69 Å². The Labute approximate surface area is 220 Å². The molecule has 7 heteroatoms. The summed E-state index contributed by atoms with van der Waals surface area (Å²) < 4.78 is 0. The molecule has 1 aromatic heterocycles. The van der Waals surface area contributed by atoms with Crippen LogP contribution in [0.15, 0.2) is 70.5 Å². The summed E-state index contributed by atoms with van der Waals surface area (Å²) in [5.41, 5.74) is 4.25. The van der Waals surface area contributed by atoms with Gasteiger partial charge in [0.05, 0.1) is 17.5 Å². The van der Waals surface area contributed by atoms with Gasteiger partial charge in [0.2, 0.25) is 5.78 Å². The number of benzene rings is 2. The molecule has 0 fully saturated rings. The number of rotatable bonds is 6. The molecule has 32 heavy (non-hydrogen) atoms. The first kappa shape index (κ1) is 30.2. The van der Waals surface area contributed by atoms with Gasteiger partial charge in [-0.05, 0) is 40.7 Å². The summed E-state index contributed by atoms with van der Waals surface area (Å²) >= 11 is 0. The summed E-state index contributed by atoms with van der Waals surface area (Å²) in [5.74, 6) is 0.160. The van der Waals surface area contributed by atoms with Crippen LogP contribution in [-0.2, 0) is 16.8 Å². The number of aromatic amines is 1. The minimum absolute atomic E-state index is 0. The molecule has 3 rings (SSSR count). The third-order valence-electron chi connectivity index (χ3n) is 4.91. The van der Waals surface area contributed by atoms with Crippen LogP contribution in [0.5, 0.6) is 0 Å². The number of para-hydroxylation sites is 1. The van der Waals surface area contributed by atoms with Crippen molar-refractivity contribution < 1.29 is 55.5 Å². The molecule has 1 N–H and O–H groups in total. The van der Waals surface area contributed by atoms with E-state index in [0.29, 0.717) is 5.69 Å². The molecule has 3 aromatic rings. The first-order valence-corrected chi connectivity index (χ1v) is 9.88. The minimum atomic E-state index is -0.413. The molecule has 0 amide bonds. The van der Waals surface area contributed by atoms with Crippen LogP contribution in [0.1, 0.15) is 61.0 Å². The Hall–Kier alpha value is -1.80. The molecule has 0 bridgehead atoms. The van der Waals surface area contributed by atoms with E-state index in [-0.39, 0.29) is 68.1 Å². The smallest absolute Gasteiger partial charge is 1.00 e. The molecule has 1 heterocycles. The average molecular weight is 605 g/mol. The van der Waals surface area contributed by atoms with Crippen LogP contribution in [0.3, 0.4) is 0 Å². The fraction of sp³-hybridized carbons (Fsp3) is 0.240. The van der Waals surface area contributed by atoms with E-state index in [0.717, 1.165) is 22.4 Å². The second-order valence-corrected chi connectivity index (χ2v) is 7.70. The van der Waals surface area contributed by atoms with Gasteiger partial charge in [-0.1, -0.05) is 76.2 Å². The molecular weight excluding hydrogens is 579 g/mol. The number of hydrogen-bond acceptors (Lipinski definition) is 3. The van der Waals surface area contributed by atoms with Crippen molar-refractivity contribution in [3.05, 3.63) is 87.7 Å². The normalized spacial score (nSPS) is 10.4. The van der Waals surface area contributed by atoms with Gasteiger partial charge in [0, 0.05) is 5.69 Å². The maximum absolute atomic E-state index is 12.7. The van der Waals surface area contributed by atoms with E-state index in [2.05, 4.69) is 37.7 Å². The van der Waals surface area contributed by atoms with Crippen molar-refractivity contribution in [2.45, 2.75) is 39.5 Å². The van der Waals surface area contributed by atoms with Gasteiger partial charge in [0.25, 0.3) is 5.56 Å². The molecule has 0 aliphatic rings. The number of pyridine rings is 1. The molecule has 171 valence electrons. The zero-order chi connectivity index (χ0) is 21.0. The third-order valence-corrected chi connectivity index (χ3v) is 4.91. The topological polar surface area (TPSA) is 62.3 Å². The summed E-state index contributed by atoms with van der Waals surface area (Å²) in [6.45, 7) is 8.42. The predicted octanol–water partition coefficient (Wildman–Crippen LogP) is -0.121. The van der Waals surface area contributed by atoms with Crippen LogP contribution < -0.4 is 39.5 Å². The van der Waals surface area contributed by atoms with Crippen molar-refractivity contribution >= 4 is 17.7 Å². The van der Waals surface area contributed by atoms with Gasteiger partial charge in [-0.25, -0.2) is 0 Å². The van der Waals surface area contributed by atoms with Crippen molar-refractivity contribution in [2.24, 2.45) is 4.99 Å². The summed E-state index contributed by atoms with van der Waals surface area (Å²) in [5, 5.41) is 0. The molecule has 1 radical (unpaired) electrons. The van der Waals surface area contributed by atoms with Gasteiger partial charge in [-0.2, -0.15) is 0 Å². The Morgan fingerprint density at radius 1 is 0.844 bits per heavy atom. The Balaban J connectivity index is 0.00000320. The Morgan fingerprint density at radius 3 is 1.91 bits per heavy atom. The standard InChI is InChI=1S/C25H26N2O2.2BrH.Co/c1-16(2)19-11-8-12-20(17(3)4)24(19)26-15-23(28)21-13-14-22(27-25(21)29)18-9-6-5-7-10-18;;;/h5-17H,1-4H3,(H,27,29);2*1H;/q;;;+2/p-2.